The predicted octanol–water partition coefficient (Wildman–Crippen LogP) is 5.02. The lowest BCUT2D eigenvalue weighted by Gasteiger charge is -2.35. The number of ketones is 1. The van der Waals surface area contributed by atoms with Crippen molar-refractivity contribution in [3.8, 4) is 11.5 Å². The molecule has 1 N–H and O–H groups in total. The number of nitrogens with one attached hydrogen (secondary N) is 1. The zero-order valence-electron chi connectivity index (χ0n) is 17.4. The molecule has 2 aromatic carbocycles. The van der Waals surface area contributed by atoms with E-state index >= 15 is 0 Å². The van der Waals surface area contributed by atoms with Gasteiger partial charge in [0.05, 0.1) is 14.2 Å². The van der Waals surface area contributed by atoms with Crippen LogP contribution < -0.4 is 14.8 Å². The number of anilines is 1. The Kier molecular flexibility index (Phi) is 5.31. The van der Waals surface area contributed by atoms with Gasteiger partial charge in [-0.2, -0.15) is 10.1 Å². The summed E-state index contributed by atoms with van der Waals surface area (Å²) in [6.45, 7) is 0. The molecule has 0 unspecified atom stereocenters. The zero-order valence-corrected chi connectivity index (χ0v) is 18.9. The molecule has 0 amide bonds. The van der Waals surface area contributed by atoms with E-state index in [9.17, 15) is 4.79 Å². The first-order valence-corrected chi connectivity index (χ1v) is 10.9. The summed E-state index contributed by atoms with van der Waals surface area (Å²) >= 11 is 12.6. The second kappa shape index (κ2) is 8.15. The smallest absolute Gasteiger partial charge is 0.226 e. The Labute approximate surface area is 195 Å². The second-order valence-corrected chi connectivity index (χ2v) is 8.60. The first-order valence-electron chi connectivity index (χ1n) is 10.1. The number of allylic oxidation sites excluding steroid dienone is 2. The summed E-state index contributed by atoms with van der Waals surface area (Å²) in [5.41, 5.74) is 3.26. The summed E-state index contributed by atoms with van der Waals surface area (Å²) in [5, 5.41) is 8.68. The summed E-state index contributed by atoms with van der Waals surface area (Å²) in [6, 6.07) is 10.6. The number of nitrogens with zero attached hydrogens (tertiary/aromatic N) is 3. The molecular formula is C23H20Cl2N4O3. The number of carbonyl (C=O) groups is 1. The number of Topliss-reactive ketones (excluding diaryl/α,β-unsaturated/α-hetero) is 1. The van der Waals surface area contributed by atoms with E-state index in [2.05, 4.69) is 15.4 Å². The number of hydrogen-bond donors (Lipinski definition) is 1. The number of aromatic nitrogens is 3. The third kappa shape index (κ3) is 3.42. The van der Waals surface area contributed by atoms with E-state index < -0.39 is 6.04 Å². The van der Waals surface area contributed by atoms with Crippen LogP contribution >= 0.6 is 23.2 Å². The van der Waals surface area contributed by atoms with Gasteiger partial charge in [0, 0.05) is 33.3 Å². The Morgan fingerprint density at radius 1 is 1.06 bits per heavy atom. The lowest BCUT2D eigenvalue weighted by atomic mass is 9.78. The van der Waals surface area contributed by atoms with Crippen LogP contribution in [0.2, 0.25) is 10.0 Å². The number of ether oxygens (including phenoxy) is 2. The van der Waals surface area contributed by atoms with E-state index in [4.69, 9.17) is 32.7 Å². The summed E-state index contributed by atoms with van der Waals surface area (Å²) < 4.78 is 12.5. The third-order valence-corrected chi connectivity index (χ3v) is 6.56. The molecule has 9 heteroatoms. The maximum atomic E-state index is 13.5. The Balaban J connectivity index is 1.57. The highest BCUT2D eigenvalue weighted by Crippen LogP contribution is 2.46. The van der Waals surface area contributed by atoms with Crippen LogP contribution in [0.25, 0.3) is 0 Å². The topological polar surface area (TPSA) is 78.3 Å². The number of fused-ring (bicyclic) bond motifs is 1. The summed E-state index contributed by atoms with van der Waals surface area (Å²) in [6.07, 6.45) is 2.47. The Hall–Kier alpha value is -3.03. The molecule has 164 valence electrons. The number of benzene rings is 2. The maximum Gasteiger partial charge on any atom is 0.226 e. The molecule has 1 aliphatic carbocycles. The summed E-state index contributed by atoms with van der Waals surface area (Å²) in [4.78, 5) is 17.8. The van der Waals surface area contributed by atoms with Crippen molar-refractivity contribution in [2.24, 2.45) is 0 Å². The van der Waals surface area contributed by atoms with Crippen molar-refractivity contribution in [2.45, 2.75) is 24.8 Å². The first-order chi connectivity index (χ1) is 15.5. The van der Waals surface area contributed by atoms with Crippen molar-refractivity contribution in [2.75, 3.05) is 19.5 Å². The molecule has 0 fully saturated rings. The molecule has 0 saturated heterocycles. The minimum atomic E-state index is -0.465. The van der Waals surface area contributed by atoms with Gasteiger partial charge in [0.25, 0.3) is 0 Å². The van der Waals surface area contributed by atoms with Crippen LogP contribution in [-0.4, -0.2) is 34.8 Å². The number of carbonyl (C=O) groups excluding carboxylic acids is 1. The SMILES string of the molecule is COc1ccc([C@@H]2CC(=O)C3=C(C2)Nc2ncnn2[C@@H]3c2ccc(Cl)cc2Cl)cc1OC. The molecule has 5 rings (SSSR count). The number of hydrogen-bond acceptors (Lipinski definition) is 6. The summed E-state index contributed by atoms with van der Waals surface area (Å²) in [5.74, 6) is 1.89. The largest absolute Gasteiger partial charge is 0.493 e. The molecule has 1 aliphatic heterocycles. The van der Waals surface area contributed by atoms with Crippen molar-refractivity contribution in [3.63, 3.8) is 0 Å². The molecule has 2 aliphatic rings. The van der Waals surface area contributed by atoms with Gasteiger partial charge in [-0.25, -0.2) is 4.68 Å². The monoisotopic (exact) mass is 470 g/mol. The van der Waals surface area contributed by atoms with Crippen molar-refractivity contribution in [1.82, 2.24) is 14.8 Å². The van der Waals surface area contributed by atoms with Gasteiger partial charge < -0.3 is 14.8 Å². The lowest BCUT2D eigenvalue weighted by Crippen LogP contribution is -2.33. The third-order valence-electron chi connectivity index (χ3n) is 6.00. The molecule has 3 aromatic rings. The molecule has 1 aromatic heterocycles. The Morgan fingerprint density at radius 3 is 2.62 bits per heavy atom. The molecular weight excluding hydrogens is 451 g/mol. The van der Waals surface area contributed by atoms with E-state index in [0.717, 1.165) is 16.8 Å². The highest BCUT2D eigenvalue weighted by atomic mass is 35.5. The van der Waals surface area contributed by atoms with Crippen molar-refractivity contribution < 1.29 is 14.3 Å². The number of methoxy groups -OCH3 is 2. The van der Waals surface area contributed by atoms with Crippen molar-refractivity contribution >= 4 is 34.9 Å². The van der Waals surface area contributed by atoms with E-state index in [1.807, 2.05) is 24.3 Å². The van der Waals surface area contributed by atoms with E-state index in [0.29, 0.717) is 45.9 Å². The maximum absolute atomic E-state index is 13.5. The predicted molar refractivity (Wildman–Crippen MR) is 122 cm³/mol. The fraction of sp³-hybridized carbons (Fsp3) is 0.261. The van der Waals surface area contributed by atoms with Crippen LogP contribution in [0.5, 0.6) is 11.5 Å². The normalized spacial score (nSPS) is 19.8. The van der Waals surface area contributed by atoms with Gasteiger partial charge >= 0.3 is 0 Å². The van der Waals surface area contributed by atoms with E-state index in [-0.39, 0.29) is 11.7 Å². The van der Waals surface area contributed by atoms with Crippen LogP contribution in [0.15, 0.2) is 54.0 Å². The van der Waals surface area contributed by atoms with Gasteiger partial charge in [-0.1, -0.05) is 35.3 Å². The molecule has 2 atom stereocenters. The van der Waals surface area contributed by atoms with Crippen molar-refractivity contribution in [1.29, 1.82) is 0 Å². The molecule has 7 nitrogen and oxygen atoms in total. The van der Waals surface area contributed by atoms with Crippen LogP contribution in [0.1, 0.15) is 35.9 Å². The van der Waals surface area contributed by atoms with Gasteiger partial charge in [0.1, 0.15) is 12.4 Å². The van der Waals surface area contributed by atoms with Gasteiger partial charge in [-0.3, -0.25) is 4.79 Å². The highest BCUT2D eigenvalue weighted by molar-refractivity contribution is 6.35. The fourth-order valence-electron chi connectivity index (χ4n) is 4.51. The fourth-order valence-corrected chi connectivity index (χ4v) is 5.02. The van der Waals surface area contributed by atoms with Gasteiger partial charge in [0.2, 0.25) is 5.95 Å². The standard InChI is InChI=1S/C23H20Cl2N4O3/c1-31-19-6-3-12(9-20(19)32-2)13-7-17-21(18(30)8-13)22(29-23(28-17)26-11-27-29)15-5-4-14(24)10-16(15)25/h3-6,9-11,13,22H,7-8H2,1-2H3,(H,26,27,28)/t13-,22+/m0/s1. The second-order valence-electron chi connectivity index (χ2n) is 7.76. The quantitative estimate of drug-likeness (QED) is 0.576. The highest BCUT2D eigenvalue weighted by Gasteiger charge is 2.40. The van der Waals surface area contributed by atoms with Gasteiger partial charge in [-0.05, 0) is 42.2 Å². The minimum absolute atomic E-state index is 0.00985. The Morgan fingerprint density at radius 2 is 1.88 bits per heavy atom. The lowest BCUT2D eigenvalue weighted by molar-refractivity contribution is -0.116. The molecule has 0 saturated carbocycles. The van der Waals surface area contributed by atoms with Crippen LogP contribution in [0.4, 0.5) is 5.95 Å². The minimum Gasteiger partial charge on any atom is -0.493 e. The molecule has 2 heterocycles. The van der Waals surface area contributed by atoms with Gasteiger partial charge in [-0.15, -0.1) is 0 Å². The molecule has 0 spiro atoms. The van der Waals surface area contributed by atoms with Crippen LogP contribution in [0.3, 0.4) is 0 Å². The van der Waals surface area contributed by atoms with Gasteiger partial charge in [0.15, 0.2) is 17.3 Å². The zero-order chi connectivity index (χ0) is 22.4. The van der Waals surface area contributed by atoms with E-state index in [1.54, 1.807) is 31.0 Å². The average Bonchev–Trinajstić information content (AvgIpc) is 3.25. The van der Waals surface area contributed by atoms with Crippen LogP contribution in [0, 0.1) is 0 Å². The molecule has 32 heavy (non-hydrogen) atoms. The molecule has 0 radical (unpaired) electrons. The average molecular weight is 471 g/mol. The van der Waals surface area contributed by atoms with E-state index in [1.165, 1.54) is 6.33 Å². The first kappa shape index (κ1) is 20.8. The Bertz CT molecular complexity index is 1250. The van der Waals surface area contributed by atoms with Crippen molar-refractivity contribution in [3.05, 3.63) is 75.2 Å². The van der Waals surface area contributed by atoms with Crippen LogP contribution in [-0.2, 0) is 4.79 Å². The number of halogens is 2. The summed E-state index contributed by atoms with van der Waals surface area (Å²) in [7, 11) is 3.20. The number of rotatable bonds is 4. The molecule has 0 bridgehead atoms.